The largest absolute Gasteiger partial charge is 0.449 e. The minimum absolute atomic E-state index is 0.368. The number of hydrogen-bond donors (Lipinski definition) is 1. The summed E-state index contributed by atoms with van der Waals surface area (Å²) in [6.07, 6.45) is 2.10. The van der Waals surface area contributed by atoms with E-state index in [1.807, 2.05) is 59.3 Å². The fourth-order valence-corrected chi connectivity index (χ4v) is 2.94. The summed E-state index contributed by atoms with van der Waals surface area (Å²) in [7, 11) is 0. The van der Waals surface area contributed by atoms with Crippen molar-refractivity contribution in [2.75, 3.05) is 5.32 Å². The molecule has 1 aromatic heterocycles. The van der Waals surface area contributed by atoms with Gasteiger partial charge in [-0.3, -0.25) is 4.79 Å². The van der Waals surface area contributed by atoms with Gasteiger partial charge >= 0.3 is 5.97 Å². The van der Waals surface area contributed by atoms with E-state index >= 15 is 0 Å². The van der Waals surface area contributed by atoms with Crippen molar-refractivity contribution >= 4 is 45.7 Å². The van der Waals surface area contributed by atoms with E-state index in [0.29, 0.717) is 5.69 Å². The molecule has 1 heterocycles. The predicted octanol–water partition coefficient (Wildman–Crippen LogP) is 4.48. The maximum Gasteiger partial charge on any atom is 0.331 e. The Morgan fingerprint density at radius 3 is 2.68 bits per heavy atom. The molecule has 0 unspecified atom stereocenters. The van der Waals surface area contributed by atoms with Crippen molar-refractivity contribution in [3.05, 3.63) is 70.9 Å². The van der Waals surface area contributed by atoms with Crippen LogP contribution in [0.15, 0.2) is 65.4 Å². The van der Waals surface area contributed by atoms with E-state index in [0.717, 1.165) is 16.3 Å². The number of benzene rings is 2. The molecule has 25 heavy (non-hydrogen) atoms. The van der Waals surface area contributed by atoms with Crippen LogP contribution in [0.4, 0.5) is 5.69 Å². The number of amides is 1. The Kier molecular flexibility index (Phi) is 5.26. The highest BCUT2D eigenvalue weighted by Crippen LogP contribution is 2.19. The lowest BCUT2D eigenvalue weighted by Gasteiger charge is -2.12. The molecule has 2 aromatic carbocycles. The van der Waals surface area contributed by atoms with Crippen LogP contribution in [0.2, 0.25) is 0 Å². The van der Waals surface area contributed by atoms with Gasteiger partial charge < -0.3 is 10.1 Å². The summed E-state index contributed by atoms with van der Waals surface area (Å²) >= 11 is 1.54. The molecule has 0 aliphatic rings. The maximum absolute atomic E-state index is 12.2. The van der Waals surface area contributed by atoms with Crippen molar-refractivity contribution in [1.82, 2.24) is 0 Å². The number of rotatable bonds is 5. The number of esters is 1. The standard InChI is InChI=1S/C20H17NO3S/c1-14(24-19(22)9-6-15-10-11-25-13-15)20(23)21-18-8-7-16-4-2-3-5-17(16)12-18/h2-14H,1H3,(H,21,23)/b9-6+/t14-/m0/s1. The van der Waals surface area contributed by atoms with Crippen LogP contribution < -0.4 is 5.32 Å². The first-order chi connectivity index (χ1) is 12.1. The summed E-state index contributed by atoms with van der Waals surface area (Å²) in [4.78, 5) is 24.0. The van der Waals surface area contributed by atoms with Gasteiger partial charge in [0.25, 0.3) is 5.91 Å². The second kappa shape index (κ2) is 7.77. The summed E-state index contributed by atoms with van der Waals surface area (Å²) < 4.78 is 5.14. The van der Waals surface area contributed by atoms with Crippen LogP contribution in [0, 0.1) is 0 Å². The molecule has 3 aromatic rings. The average Bonchev–Trinajstić information content (AvgIpc) is 3.13. The van der Waals surface area contributed by atoms with E-state index in [4.69, 9.17) is 4.74 Å². The fraction of sp³-hybridized carbons (Fsp3) is 0.100. The summed E-state index contributed by atoms with van der Waals surface area (Å²) in [6.45, 7) is 1.55. The highest BCUT2D eigenvalue weighted by atomic mass is 32.1. The molecule has 0 aliphatic carbocycles. The normalized spacial score (nSPS) is 12.2. The van der Waals surface area contributed by atoms with Gasteiger partial charge in [0, 0.05) is 11.8 Å². The molecular formula is C20H17NO3S. The van der Waals surface area contributed by atoms with Crippen LogP contribution in [-0.4, -0.2) is 18.0 Å². The molecule has 0 spiro atoms. The molecule has 1 atom stereocenters. The van der Waals surface area contributed by atoms with Crippen molar-refractivity contribution in [2.45, 2.75) is 13.0 Å². The molecular weight excluding hydrogens is 334 g/mol. The van der Waals surface area contributed by atoms with Crippen LogP contribution in [-0.2, 0) is 14.3 Å². The van der Waals surface area contributed by atoms with Crippen molar-refractivity contribution in [3.8, 4) is 0 Å². The second-order valence-electron chi connectivity index (χ2n) is 5.52. The first-order valence-electron chi connectivity index (χ1n) is 7.82. The molecule has 0 radical (unpaired) electrons. The fourth-order valence-electron chi connectivity index (χ4n) is 2.31. The molecule has 4 nitrogen and oxygen atoms in total. The summed E-state index contributed by atoms with van der Waals surface area (Å²) in [6, 6.07) is 15.4. The van der Waals surface area contributed by atoms with Crippen molar-refractivity contribution < 1.29 is 14.3 Å². The molecule has 126 valence electrons. The Morgan fingerprint density at radius 2 is 1.92 bits per heavy atom. The Labute approximate surface area is 149 Å². The first kappa shape index (κ1) is 16.9. The topological polar surface area (TPSA) is 55.4 Å². The van der Waals surface area contributed by atoms with Crippen molar-refractivity contribution in [3.63, 3.8) is 0 Å². The quantitative estimate of drug-likeness (QED) is 0.544. The SMILES string of the molecule is C[C@H](OC(=O)/C=C/c1ccsc1)C(=O)Nc1ccc2ccccc2c1. The van der Waals surface area contributed by atoms with Crippen LogP contribution >= 0.6 is 11.3 Å². The molecule has 0 saturated heterocycles. The average molecular weight is 351 g/mol. The van der Waals surface area contributed by atoms with Gasteiger partial charge in [-0.2, -0.15) is 11.3 Å². The van der Waals surface area contributed by atoms with Crippen LogP contribution in [0.5, 0.6) is 0 Å². The summed E-state index contributed by atoms with van der Waals surface area (Å²) in [5.74, 6) is -0.917. The predicted molar refractivity (Wildman–Crippen MR) is 101 cm³/mol. The molecule has 3 rings (SSSR count). The number of anilines is 1. The summed E-state index contributed by atoms with van der Waals surface area (Å²) in [5.41, 5.74) is 1.59. The second-order valence-corrected chi connectivity index (χ2v) is 6.30. The zero-order valence-corrected chi connectivity index (χ0v) is 14.5. The molecule has 0 saturated carbocycles. The van der Waals surface area contributed by atoms with Crippen molar-refractivity contribution in [1.29, 1.82) is 0 Å². The van der Waals surface area contributed by atoms with Crippen molar-refractivity contribution in [2.24, 2.45) is 0 Å². The van der Waals surface area contributed by atoms with E-state index in [2.05, 4.69) is 5.32 Å². The Morgan fingerprint density at radius 1 is 1.12 bits per heavy atom. The Bertz CT molecular complexity index is 916. The molecule has 0 aliphatic heterocycles. The Balaban J connectivity index is 1.58. The third kappa shape index (κ3) is 4.55. The molecule has 1 N–H and O–H groups in total. The van der Waals surface area contributed by atoms with Gasteiger partial charge in [-0.1, -0.05) is 30.3 Å². The van der Waals surface area contributed by atoms with E-state index < -0.39 is 12.1 Å². The molecule has 1 amide bonds. The molecule has 5 heteroatoms. The van der Waals surface area contributed by atoms with E-state index in [1.165, 1.54) is 6.08 Å². The van der Waals surface area contributed by atoms with E-state index in [9.17, 15) is 9.59 Å². The number of hydrogen-bond acceptors (Lipinski definition) is 4. The van der Waals surface area contributed by atoms with E-state index in [-0.39, 0.29) is 5.91 Å². The Hall–Kier alpha value is -2.92. The zero-order chi connectivity index (χ0) is 17.6. The smallest absolute Gasteiger partial charge is 0.331 e. The number of ether oxygens (including phenoxy) is 1. The monoisotopic (exact) mass is 351 g/mol. The van der Waals surface area contributed by atoms with Gasteiger partial charge in [-0.25, -0.2) is 4.79 Å². The zero-order valence-electron chi connectivity index (χ0n) is 13.6. The minimum atomic E-state index is -0.883. The lowest BCUT2D eigenvalue weighted by atomic mass is 10.1. The van der Waals surface area contributed by atoms with E-state index in [1.54, 1.807) is 24.3 Å². The molecule has 0 fully saturated rings. The lowest BCUT2D eigenvalue weighted by Crippen LogP contribution is -2.29. The minimum Gasteiger partial charge on any atom is -0.449 e. The first-order valence-corrected chi connectivity index (χ1v) is 8.77. The number of carbonyl (C=O) groups is 2. The van der Waals surface area contributed by atoms with Gasteiger partial charge in [0.1, 0.15) is 0 Å². The van der Waals surface area contributed by atoms with Crippen LogP contribution in [0.1, 0.15) is 12.5 Å². The maximum atomic E-state index is 12.2. The van der Waals surface area contributed by atoms with Crippen LogP contribution in [0.3, 0.4) is 0 Å². The third-order valence-electron chi connectivity index (χ3n) is 3.63. The number of fused-ring (bicyclic) bond motifs is 1. The van der Waals surface area contributed by atoms with Gasteiger partial charge in [-0.15, -0.1) is 0 Å². The summed E-state index contributed by atoms with van der Waals surface area (Å²) in [5, 5.41) is 8.73. The lowest BCUT2D eigenvalue weighted by molar-refractivity contribution is -0.148. The number of thiophene rings is 1. The third-order valence-corrected chi connectivity index (χ3v) is 4.34. The van der Waals surface area contributed by atoms with Gasteiger partial charge in [0.2, 0.25) is 0 Å². The highest BCUT2D eigenvalue weighted by molar-refractivity contribution is 7.08. The number of nitrogens with one attached hydrogen (secondary N) is 1. The van der Waals surface area contributed by atoms with Gasteiger partial charge in [-0.05, 0) is 58.3 Å². The highest BCUT2D eigenvalue weighted by Gasteiger charge is 2.16. The number of carbonyl (C=O) groups excluding carboxylic acids is 2. The van der Waals surface area contributed by atoms with Crippen LogP contribution in [0.25, 0.3) is 16.8 Å². The van der Waals surface area contributed by atoms with Gasteiger partial charge in [0.15, 0.2) is 6.10 Å². The molecule has 0 bridgehead atoms. The van der Waals surface area contributed by atoms with Gasteiger partial charge in [0.05, 0.1) is 0 Å².